The van der Waals surface area contributed by atoms with Crippen molar-refractivity contribution >= 4 is 23.6 Å². The summed E-state index contributed by atoms with van der Waals surface area (Å²) in [6.45, 7) is 1.25. The fraction of sp³-hybridized carbons (Fsp3) is 0.250. The summed E-state index contributed by atoms with van der Waals surface area (Å²) >= 11 is 5.58. The van der Waals surface area contributed by atoms with E-state index in [1.54, 1.807) is 0 Å². The molecular weight excluding hydrogens is 377 g/mol. The van der Waals surface area contributed by atoms with Gasteiger partial charge in [0.05, 0.1) is 24.7 Å². The molecule has 0 aliphatic heterocycles. The van der Waals surface area contributed by atoms with Crippen LogP contribution < -0.4 is 10.2 Å². The number of carbonyl (C=O) groups excluding carboxylic acids is 1. The first-order chi connectivity index (χ1) is 12.6. The van der Waals surface area contributed by atoms with Crippen LogP contribution in [0.3, 0.4) is 0 Å². The van der Waals surface area contributed by atoms with Crippen molar-refractivity contribution in [3.05, 3.63) is 75.8 Å². The Balaban J connectivity index is 1.94. The normalized spacial score (nSPS) is 12.0. The maximum Gasteiger partial charge on any atom is 0.417 e. The molecule has 0 bridgehead atoms. The van der Waals surface area contributed by atoms with Gasteiger partial charge < -0.3 is 10.2 Å². The summed E-state index contributed by atoms with van der Waals surface area (Å²) in [5.41, 5.74) is 1.47. The van der Waals surface area contributed by atoms with Gasteiger partial charge >= 0.3 is 6.18 Å². The molecule has 0 atom stereocenters. The predicted molar refractivity (Wildman–Crippen MR) is 100 cm³/mol. The van der Waals surface area contributed by atoms with Crippen LogP contribution in [-0.4, -0.2) is 20.0 Å². The van der Waals surface area contributed by atoms with Gasteiger partial charge in [0.25, 0.3) is 0 Å². The molecule has 1 amide bonds. The molecule has 0 fully saturated rings. The minimum Gasteiger partial charge on any atom is -0.348 e. The summed E-state index contributed by atoms with van der Waals surface area (Å²) in [6.07, 6.45) is -2.01. The van der Waals surface area contributed by atoms with Gasteiger partial charge in [0.15, 0.2) is 0 Å². The van der Waals surface area contributed by atoms with Crippen LogP contribution in [0, 0.1) is 0 Å². The second-order valence-electron chi connectivity index (χ2n) is 6.49. The van der Waals surface area contributed by atoms with E-state index in [1.807, 2.05) is 24.3 Å². The first-order valence-corrected chi connectivity index (χ1v) is 8.72. The fourth-order valence-corrected chi connectivity index (χ4v) is 2.69. The Bertz CT molecular complexity index is 815. The third-order valence-electron chi connectivity index (χ3n) is 3.77. The van der Waals surface area contributed by atoms with Gasteiger partial charge in [-0.3, -0.25) is 4.79 Å². The minimum absolute atomic E-state index is 0.248. The molecule has 144 valence electrons. The van der Waals surface area contributed by atoms with Crippen molar-refractivity contribution in [2.24, 2.45) is 0 Å². The van der Waals surface area contributed by atoms with E-state index in [1.165, 1.54) is 34.7 Å². The SMILES string of the molecule is C[NH+](C)Cc1ccc(CNC(=O)/C=C/c2ccc(Cl)c(C(F)(F)F)c2)cc1. The number of quaternary nitrogens is 1. The van der Waals surface area contributed by atoms with Gasteiger partial charge in [-0.1, -0.05) is 41.9 Å². The Hall–Kier alpha value is -2.31. The highest BCUT2D eigenvalue weighted by Gasteiger charge is 2.33. The number of rotatable bonds is 6. The van der Waals surface area contributed by atoms with E-state index in [0.717, 1.165) is 18.2 Å². The van der Waals surface area contributed by atoms with E-state index in [2.05, 4.69) is 19.4 Å². The zero-order valence-corrected chi connectivity index (χ0v) is 15.8. The molecule has 0 aliphatic carbocycles. The zero-order chi connectivity index (χ0) is 20.0. The fourth-order valence-electron chi connectivity index (χ4n) is 2.47. The van der Waals surface area contributed by atoms with Crippen molar-refractivity contribution in [2.75, 3.05) is 14.1 Å². The molecule has 0 aromatic heterocycles. The molecule has 7 heteroatoms. The smallest absolute Gasteiger partial charge is 0.348 e. The van der Waals surface area contributed by atoms with E-state index in [4.69, 9.17) is 11.6 Å². The lowest BCUT2D eigenvalue weighted by atomic mass is 10.1. The van der Waals surface area contributed by atoms with Gasteiger partial charge in [0, 0.05) is 18.2 Å². The van der Waals surface area contributed by atoms with Crippen molar-refractivity contribution in [1.29, 1.82) is 0 Å². The third-order valence-corrected chi connectivity index (χ3v) is 4.10. The monoisotopic (exact) mass is 397 g/mol. The molecular formula is C20H21ClF3N2O+. The molecule has 0 aliphatic rings. The average Bonchev–Trinajstić information content (AvgIpc) is 2.59. The van der Waals surface area contributed by atoms with Crippen LogP contribution in [0.15, 0.2) is 48.5 Å². The highest BCUT2D eigenvalue weighted by molar-refractivity contribution is 6.31. The molecule has 0 spiro atoms. The largest absolute Gasteiger partial charge is 0.417 e. The van der Waals surface area contributed by atoms with Crippen LogP contribution >= 0.6 is 11.6 Å². The van der Waals surface area contributed by atoms with E-state index >= 15 is 0 Å². The van der Waals surface area contributed by atoms with Crippen molar-refractivity contribution in [2.45, 2.75) is 19.3 Å². The molecule has 0 saturated carbocycles. The van der Waals surface area contributed by atoms with Crippen LogP contribution in [0.1, 0.15) is 22.3 Å². The van der Waals surface area contributed by atoms with Crippen molar-refractivity contribution in [3.8, 4) is 0 Å². The van der Waals surface area contributed by atoms with Gasteiger partial charge in [-0.25, -0.2) is 0 Å². The zero-order valence-electron chi connectivity index (χ0n) is 15.0. The Morgan fingerprint density at radius 2 is 1.74 bits per heavy atom. The van der Waals surface area contributed by atoms with Crippen molar-refractivity contribution in [1.82, 2.24) is 5.32 Å². The summed E-state index contributed by atoms with van der Waals surface area (Å²) in [6, 6.07) is 11.4. The van der Waals surface area contributed by atoms with Gasteiger partial charge in [-0.15, -0.1) is 0 Å². The highest BCUT2D eigenvalue weighted by atomic mass is 35.5. The van der Waals surface area contributed by atoms with E-state index in [-0.39, 0.29) is 16.5 Å². The lowest BCUT2D eigenvalue weighted by Gasteiger charge is -2.09. The number of hydrogen-bond donors (Lipinski definition) is 2. The maximum atomic E-state index is 12.8. The highest BCUT2D eigenvalue weighted by Crippen LogP contribution is 2.35. The first kappa shape index (κ1) is 21.0. The number of carbonyl (C=O) groups is 1. The minimum atomic E-state index is -4.54. The number of benzene rings is 2. The number of alkyl halides is 3. The first-order valence-electron chi connectivity index (χ1n) is 8.34. The van der Waals surface area contributed by atoms with Gasteiger partial charge in [-0.05, 0) is 29.3 Å². The van der Waals surface area contributed by atoms with E-state index in [9.17, 15) is 18.0 Å². The van der Waals surface area contributed by atoms with Gasteiger partial charge in [-0.2, -0.15) is 13.2 Å². The molecule has 0 saturated heterocycles. The molecule has 2 aromatic rings. The molecule has 0 radical (unpaired) electrons. The van der Waals surface area contributed by atoms with E-state index in [0.29, 0.717) is 6.54 Å². The van der Waals surface area contributed by atoms with Crippen LogP contribution in [0.5, 0.6) is 0 Å². The molecule has 2 N–H and O–H groups in total. The summed E-state index contributed by atoms with van der Waals surface area (Å²) < 4.78 is 38.5. The molecule has 0 unspecified atom stereocenters. The molecule has 0 heterocycles. The summed E-state index contributed by atoms with van der Waals surface area (Å²) in [7, 11) is 4.14. The molecule has 27 heavy (non-hydrogen) atoms. The Kier molecular flexibility index (Phi) is 7.05. The van der Waals surface area contributed by atoms with E-state index < -0.39 is 11.7 Å². The molecule has 3 nitrogen and oxygen atoms in total. The Morgan fingerprint density at radius 1 is 1.11 bits per heavy atom. The van der Waals surface area contributed by atoms with Gasteiger partial charge in [0.1, 0.15) is 6.54 Å². The number of nitrogens with one attached hydrogen (secondary N) is 2. The number of amides is 1. The van der Waals surface area contributed by atoms with Crippen LogP contribution in [-0.2, 0) is 24.1 Å². The Morgan fingerprint density at radius 3 is 2.33 bits per heavy atom. The maximum absolute atomic E-state index is 12.8. The standard InChI is InChI=1S/C20H20ClF3N2O/c1-26(2)13-16-5-3-15(4-6-16)12-25-19(27)10-8-14-7-9-18(21)17(11-14)20(22,23)24/h3-11H,12-13H2,1-2H3,(H,25,27)/p+1/b10-8+. The number of halogens is 4. The number of hydrogen-bond acceptors (Lipinski definition) is 1. The van der Waals surface area contributed by atoms with Crippen LogP contribution in [0.25, 0.3) is 6.08 Å². The third kappa shape index (κ3) is 6.73. The van der Waals surface area contributed by atoms with Crippen molar-refractivity contribution < 1.29 is 22.9 Å². The predicted octanol–water partition coefficient (Wildman–Crippen LogP) is 3.33. The molecule has 2 rings (SSSR count). The van der Waals surface area contributed by atoms with Crippen LogP contribution in [0.2, 0.25) is 5.02 Å². The lowest BCUT2D eigenvalue weighted by molar-refractivity contribution is -0.872. The topological polar surface area (TPSA) is 33.5 Å². The Labute approximate surface area is 161 Å². The average molecular weight is 398 g/mol. The quantitative estimate of drug-likeness (QED) is 0.720. The summed E-state index contributed by atoms with van der Waals surface area (Å²) in [5, 5.41) is 2.33. The summed E-state index contributed by atoms with van der Waals surface area (Å²) in [4.78, 5) is 13.2. The molecule has 2 aromatic carbocycles. The van der Waals surface area contributed by atoms with Crippen LogP contribution in [0.4, 0.5) is 13.2 Å². The second kappa shape index (κ2) is 9.06. The summed E-state index contributed by atoms with van der Waals surface area (Å²) in [5.74, 6) is -0.389. The van der Waals surface area contributed by atoms with Crippen molar-refractivity contribution in [3.63, 3.8) is 0 Å². The van der Waals surface area contributed by atoms with Gasteiger partial charge in [0.2, 0.25) is 5.91 Å². The second-order valence-corrected chi connectivity index (χ2v) is 6.90. The lowest BCUT2D eigenvalue weighted by Crippen LogP contribution is -3.04.